The number of hydrogen-bond acceptors (Lipinski definition) is 0. The first-order valence-electron chi connectivity index (χ1n) is 5.72. The van der Waals surface area contributed by atoms with Crippen LogP contribution in [0.25, 0.3) is 0 Å². The molecule has 1 N–H and O–H groups in total. The minimum atomic E-state index is -2.49. The molecule has 0 amide bonds. The third-order valence-electron chi connectivity index (χ3n) is 2.81. The lowest BCUT2D eigenvalue weighted by Gasteiger charge is -2.02. The van der Waals surface area contributed by atoms with E-state index in [1.54, 1.807) is 0 Å². The van der Waals surface area contributed by atoms with Gasteiger partial charge < -0.3 is 0 Å². The van der Waals surface area contributed by atoms with E-state index in [4.69, 9.17) is 0 Å². The van der Waals surface area contributed by atoms with Crippen molar-refractivity contribution < 1.29 is 48.9 Å². The van der Waals surface area contributed by atoms with Gasteiger partial charge in [0.05, 0.1) is 0 Å². The largest absolute Gasteiger partial charge is 0.282 e. The molecule has 0 atom stereocenters. The van der Waals surface area contributed by atoms with Gasteiger partial charge in [0.2, 0.25) is 34.9 Å². The minimum Gasteiger partial charge on any atom is -0.206 e. The third kappa shape index (κ3) is 2.59. The van der Waals surface area contributed by atoms with Crippen LogP contribution in [0.3, 0.4) is 0 Å². The predicted molar refractivity (Wildman–Crippen MR) is 58.3 cm³/mol. The van der Waals surface area contributed by atoms with Crippen molar-refractivity contribution in [1.29, 1.82) is 0 Å². The molecule has 2 aromatic rings. The van der Waals surface area contributed by atoms with Crippen molar-refractivity contribution in [2.24, 2.45) is 0 Å². The van der Waals surface area contributed by atoms with Crippen LogP contribution in [0.1, 0.15) is 5.56 Å². The van der Waals surface area contributed by atoms with Crippen molar-refractivity contribution in [1.82, 2.24) is 0 Å². The zero-order valence-electron chi connectivity index (χ0n) is 10.9. The van der Waals surface area contributed by atoms with Gasteiger partial charge in [-0.05, 0) is 0 Å². The van der Waals surface area contributed by atoms with Crippen LogP contribution in [0.4, 0.5) is 49.6 Å². The predicted octanol–water partition coefficient (Wildman–Crippen LogP) is 2.91. The maximum Gasteiger partial charge on any atom is 0.282 e. The summed E-state index contributed by atoms with van der Waals surface area (Å²) in [6, 6.07) is 0. The van der Waals surface area contributed by atoms with Gasteiger partial charge in [-0.2, -0.15) is 8.78 Å². The Kier molecular flexibility index (Phi) is 4.54. The van der Waals surface area contributed by atoms with Gasteiger partial charge in [0.25, 0.3) is 5.69 Å². The fourth-order valence-corrected chi connectivity index (χ4v) is 1.62. The second-order valence-corrected chi connectivity index (χ2v) is 4.22. The molecular weight excluding hydrogens is 360 g/mol. The van der Waals surface area contributed by atoms with Gasteiger partial charge in [-0.3, -0.25) is 0 Å². The Morgan fingerprint density at radius 2 is 0.708 bits per heavy atom. The van der Waals surface area contributed by atoms with Gasteiger partial charge >= 0.3 is 0 Å². The van der Waals surface area contributed by atoms with Crippen molar-refractivity contribution in [2.75, 3.05) is 0 Å². The quantitative estimate of drug-likeness (QED) is 0.366. The molecule has 2 rings (SSSR count). The highest BCUT2D eigenvalue weighted by Crippen LogP contribution is 2.24. The Balaban J connectivity index is 2.67. The maximum atomic E-state index is 13.3. The molecule has 0 aliphatic carbocycles. The van der Waals surface area contributed by atoms with Crippen LogP contribution in [0.15, 0.2) is 0 Å². The summed E-state index contributed by atoms with van der Waals surface area (Å²) in [6.07, 6.45) is -0.130. The van der Waals surface area contributed by atoms with Gasteiger partial charge in [0.1, 0.15) is 5.56 Å². The van der Waals surface area contributed by atoms with Gasteiger partial charge in [0.15, 0.2) is 29.5 Å². The molecule has 0 aliphatic rings. The van der Waals surface area contributed by atoms with Crippen molar-refractivity contribution in [3.63, 3.8) is 0 Å². The van der Waals surface area contributed by atoms with E-state index in [0.29, 0.717) is 0 Å². The lowest BCUT2D eigenvalue weighted by molar-refractivity contribution is -0.354. The second kappa shape index (κ2) is 6.13. The van der Waals surface area contributed by atoms with Crippen LogP contribution >= 0.6 is 0 Å². The standard InChI is InChI=1S/C13HF10N/c14-3-2(4(15)6(17)7(18)5(3)16)1-24-13-11(22)9(20)8(19)10(21)12(13)23/h1H/p+1. The van der Waals surface area contributed by atoms with Crippen molar-refractivity contribution in [3.05, 3.63) is 63.7 Å². The van der Waals surface area contributed by atoms with E-state index in [0.717, 1.165) is 0 Å². The van der Waals surface area contributed by atoms with Crippen LogP contribution in [0, 0.1) is 58.2 Å². The molecule has 0 unspecified atom stereocenters. The molecule has 11 heteroatoms. The number of nitrogens with one attached hydrogen (secondary N) is 1. The molecule has 0 aliphatic heterocycles. The molecule has 128 valence electrons. The van der Waals surface area contributed by atoms with Crippen molar-refractivity contribution in [2.45, 2.75) is 0 Å². The molecular formula is C13H2F10N+. The molecule has 0 saturated carbocycles. The minimum absolute atomic E-state index is 0.130. The Labute approximate surface area is 125 Å². The molecule has 0 spiro atoms. The maximum absolute atomic E-state index is 13.3. The van der Waals surface area contributed by atoms with Crippen molar-refractivity contribution >= 4 is 11.9 Å². The molecule has 0 bridgehead atoms. The summed E-state index contributed by atoms with van der Waals surface area (Å²) in [5.74, 6) is -24.0. The van der Waals surface area contributed by atoms with E-state index in [-0.39, 0.29) is 6.21 Å². The monoisotopic (exact) mass is 362 g/mol. The first-order valence-corrected chi connectivity index (χ1v) is 5.72. The fraction of sp³-hybridized carbons (Fsp3) is 0. The average Bonchev–Trinajstić information content (AvgIpc) is 2.57. The number of hydrogen-bond donors (Lipinski definition) is 1. The number of benzene rings is 2. The van der Waals surface area contributed by atoms with Crippen molar-refractivity contribution in [3.8, 4) is 0 Å². The molecule has 0 saturated heterocycles. The Morgan fingerprint density at radius 1 is 0.417 bits per heavy atom. The van der Waals surface area contributed by atoms with Crippen LogP contribution in [0.2, 0.25) is 0 Å². The van der Waals surface area contributed by atoms with Gasteiger partial charge in [-0.1, -0.05) is 0 Å². The third-order valence-corrected chi connectivity index (χ3v) is 2.81. The van der Waals surface area contributed by atoms with E-state index in [1.807, 2.05) is 0 Å². The van der Waals surface area contributed by atoms with E-state index < -0.39 is 69.4 Å². The highest BCUT2D eigenvalue weighted by molar-refractivity contribution is 5.76. The molecule has 0 aromatic heterocycles. The lowest BCUT2D eigenvalue weighted by atomic mass is 10.2. The summed E-state index contributed by atoms with van der Waals surface area (Å²) < 4.78 is 131. The Hall–Kier alpha value is -2.59. The average molecular weight is 362 g/mol. The summed E-state index contributed by atoms with van der Waals surface area (Å²) in [6.45, 7) is 0. The van der Waals surface area contributed by atoms with E-state index in [9.17, 15) is 43.9 Å². The van der Waals surface area contributed by atoms with E-state index >= 15 is 0 Å². The zero-order valence-corrected chi connectivity index (χ0v) is 10.9. The molecule has 0 heterocycles. The molecule has 0 radical (unpaired) electrons. The second-order valence-electron chi connectivity index (χ2n) is 4.22. The molecule has 1 nitrogen and oxygen atoms in total. The van der Waals surface area contributed by atoms with Crippen LogP contribution < -0.4 is 4.99 Å². The Bertz CT molecular complexity index is 745. The fourth-order valence-electron chi connectivity index (χ4n) is 1.62. The van der Waals surface area contributed by atoms with Gasteiger partial charge in [-0.15, -0.1) is 0 Å². The lowest BCUT2D eigenvalue weighted by Crippen LogP contribution is -2.63. The van der Waals surface area contributed by atoms with Gasteiger partial charge in [-0.25, -0.2) is 40.1 Å². The summed E-state index contributed by atoms with van der Waals surface area (Å²) >= 11 is 0. The normalized spacial score (nSPS) is 11.6. The first kappa shape index (κ1) is 17.8. The SMILES string of the molecule is Fc1c(F)c(F)c(C=[NH+]c2c(F)c(F)c(F)c(F)c2F)c(F)c1F. The van der Waals surface area contributed by atoms with Crippen LogP contribution in [-0.4, -0.2) is 6.21 Å². The summed E-state index contributed by atoms with van der Waals surface area (Å²) in [7, 11) is 0. The van der Waals surface area contributed by atoms with E-state index in [1.165, 1.54) is 4.99 Å². The van der Waals surface area contributed by atoms with Crippen LogP contribution in [0.5, 0.6) is 0 Å². The van der Waals surface area contributed by atoms with E-state index in [2.05, 4.69) is 0 Å². The van der Waals surface area contributed by atoms with Gasteiger partial charge in [0, 0.05) is 0 Å². The highest BCUT2D eigenvalue weighted by Gasteiger charge is 2.30. The molecule has 0 fully saturated rings. The zero-order chi connectivity index (χ0) is 18.3. The highest BCUT2D eigenvalue weighted by atomic mass is 19.2. The topological polar surface area (TPSA) is 14.0 Å². The van der Waals surface area contributed by atoms with Crippen LogP contribution in [-0.2, 0) is 0 Å². The number of halogens is 10. The Morgan fingerprint density at radius 3 is 1.08 bits per heavy atom. The summed E-state index contributed by atoms with van der Waals surface area (Å²) in [5.41, 5.74) is -3.41. The smallest absolute Gasteiger partial charge is 0.206 e. The summed E-state index contributed by atoms with van der Waals surface area (Å²) in [5, 5.41) is 0. The molecule has 24 heavy (non-hydrogen) atoms. The summed E-state index contributed by atoms with van der Waals surface area (Å²) in [4.78, 5) is 1.30. The number of rotatable bonds is 2. The first-order chi connectivity index (χ1) is 11.1. The molecule has 2 aromatic carbocycles.